The second kappa shape index (κ2) is 13.8. The molecule has 0 bridgehead atoms. The predicted octanol–water partition coefficient (Wildman–Crippen LogP) is 4.88. The molecule has 0 saturated heterocycles. The minimum atomic E-state index is -0.686. The average Bonchev–Trinajstić information content (AvgIpc) is 2.34. The summed E-state index contributed by atoms with van der Waals surface area (Å²) in [5, 5.41) is 8.47. The third-order valence-corrected chi connectivity index (χ3v) is 2.55. The lowest BCUT2D eigenvalue weighted by molar-refractivity contribution is -0.137. The molecule has 2 heteroatoms. The molecule has 0 amide bonds. The van der Waals surface area contributed by atoms with E-state index in [1.54, 1.807) is 0 Å². The minimum absolute atomic E-state index is 0.305. The van der Waals surface area contributed by atoms with Gasteiger partial charge in [0.15, 0.2) is 0 Å². The van der Waals surface area contributed by atoms with Crippen LogP contribution in [0.25, 0.3) is 0 Å². The quantitative estimate of drug-likeness (QED) is 0.322. The maximum absolute atomic E-state index is 10.3. The number of carboxylic acid groups (broad SMARTS) is 1. The molecule has 0 spiro atoms. The fourth-order valence-electron chi connectivity index (χ4n) is 1.53. The zero-order valence-corrected chi connectivity index (χ0v) is 11.5. The summed E-state index contributed by atoms with van der Waals surface area (Å²) in [5.41, 5.74) is 0. The Morgan fingerprint density at radius 2 is 1.56 bits per heavy atom. The van der Waals surface area contributed by atoms with Crippen molar-refractivity contribution in [2.24, 2.45) is 0 Å². The first-order chi connectivity index (χ1) is 8.77. The highest BCUT2D eigenvalue weighted by Gasteiger charge is 1.94. The van der Waals surface area contributed by atoms with Crippen LogP contribution in [-0.4, -0.2) is 11.1 Å². The van der Waals surface area contributed by atoms with E-state index in [2.05, 4.69) is 43.4 Å². The smallest absolute Gasteiger partial charge is 0.303 e. The van der Waals surface area contributed by atoms with E-state index in [0.717, 1.165) is 44.9 Å². The summed E-state index contributed by atoms with van der Waals surface area (Å²) in [6, 6.07) is 0. The van der Waals surface area contributed by atoms with Crippen LogP contribution in [0.2, 0.25) is 0 Å². The molecule has 0 aliphatic rings. The number of carboxylic acids is 1. The van der Waals surface area contributed by atoms with Gasteiger partial charge in [-0.3, -0.25) is 4.79 Å². The van der Waals surface area contributed by atoms with E-state index in [1.165, 1.54) is 0 Å². The Morgan fingerprint density at radius 3 is 2.28 bits per heavy atom. The van der Waals surface area contributed by atoms with Gasteiger partial charge in [0.2, 0.25) is 0 Å². The van der Waals surface area contributed by atoms with Gasteiger partial charge in [-0.25, -0.2) is 0 Å². The fourth-order valence-corrected chi connectivity index (χ4v) is 1.53. The number of hydrogen-bond donors (Lipinski definition) is 1. The van der Waals surface area contributed by atoms with E-state index in [-0.39, 0.29) is 0 Å². The van der Waals surface area contributed by atoms with E-state index in [1.807, 2.05) is 0 Å². The molecule has 0 aromatic rings. The molecule has 0 aliphatic carbocycles. The Bertz CT molecular complexity index is 275. The topological polar surface area (TPSA) is 37.3 Å². The van der Waals surface area contributed by atoms with Crippen LogP contribution in [0, 0.1) is 0 Å². The lowest BCUT2D eigenvalue weighted by Gasteiger charge is -1.95. The van der Waals surface area contributed by atoms with E-state index in [0.29, 0.717) is 6.42 Å². The summed E-state index contributed by atoms with van der Waals surface area (Å²) >= 11 is 0. The molecule has 0 aromatic carbocycles. The van der Waals surface area contributed by atoms with Crippen molar-refractivity contribution in [3.63, 3.8) is 0 Å². The highest BCUT2D eigenvalue weighted by atomic mass is 16.4. The minimum Gasteiger partial charge on any atom is -0.481 e. The van der Waals surface area contributed by atoms with Gasteiger partial charge in [0, 0.05) is 6.42 Å². The van der Waals surface area contributed by atoms with Crippen LogP contribution < -0.4 is 0 Å². The molecule has 0 unspecified atom stereocenters. The van der Waals surface area contributed by atoms with Crippen LogP contribution in [0.4, 0.5) is 0 Å². The van der Waals surface area contributed by atoms with Gasteiger partial charge in [-0.1, -0.05) is 49.8 Å². The van der Waals surface area contributed by atoms with Crippen molar-refractivity contribution in [1.29, 1.82) is 0 Å². The van der Waals surface area contributed by atoms with Gasteiger partial charge in [0.05, 0.1) is 0 Å². The number of allylic oxidation sites excluding steroid dienone is 6. The summed E-state index contributed by atoms with van der Waals surface area (Å²) < 4.78 is 0. The Hall–Kier alpha value is -1.31. The zero-order valence-electron chi connectivity index (χ0n) is 11.5. The molecule has 0 saturated carbocycles. The fraction of sp³-hybridized carbons (Fsp3) is 0.562. The third kappa shape index (κ3) is 14.7. The monoisotopic (exact) mass is 250 g/mol. The average molecular weight is 250 g/mol. The lowest BCUT2D eigenvalue weighted by Crippen LogP contribution is -1.93. The molecule has 0 aliphatic heterocycles. The normalized spacial score (nSPS) is 12.1. The van der Waals surface area contributed by atoms with Crippen molar-refractivity contribution >= 4 is 5.97 Å². The van der Waals surface area contributed by atoms with Gasteiger partial charge in [-0.15, -0.1) is 0 Å². The van der Waals surface area contributed by atoms with Gasteiger partial charge in [-0.05, 0) is 38.5 Å². The molecule has 0 radical (unpaired) electrons. The summed E-state index contributed by atoms with van der Waals surface area (Å²) in [6.45, 7) is 2.13. The maximum atomic E-state index is 10.3. The Kier molecular flexibility index (Phi) is 12.8. The Balaban J connectivity index is 3.26. The van der Waals surface area contributed by atoms with Gasteiger partial charge < -0.3 is 5.11 Å². The third-order valence-electron chi connectivity index (χ3n) is 2.55. The highest BCUT2D eigenvalue weighted by Crippen LogP contribution is 2.04. The molecule has 0 heterocycles. The van der Waals surface area contributed by atoms with E-state index in [4.69, 9.17) is 5.11 Å². The van der Waals surface area contributed by atoms with Crippen LogP contribution in [0.1, 0.15) is 58.3 Å². The van der Waals surface area contributed by atoms with E-state index in [9.17, 15) is 4.79 Å². The molecule has 0 fully saturated rings. The Labute approximate surface area is 111 Å². The van der Waals surface area contributed by atoms with Crippen LogP contribution in [0.15, 0.2) is 36.5 Å². The van der Waals surface area contributed by atoms with E-state index >= 15 is 0 Å². The highest BCUT2D eigenvalue weighted by molar-refractivity contribution is 5.66. The second-order valence-corrected chi connectivity index (χ2v) is 4.31. The van der Waals surface area contributed by atoms with Crippen molar-refractivity contribution in [2.45, 2.75) is 58.3 Å². The lowest BCUT2D eigenvalue weighted by atomic mass is 10.1. The number of unbranched alkanes of at least 4 members (excludes halogenated alkanes) is 4. The zero-order chi connectivity index (χ0) is 13.5. The van der Waals surface area contributed by atoms with Gasteiger partial charge in [0.1, 0.15) is 0 Å². The predicted molar refractivity (Wildman–Crippen MR) is 77.7 cm³/mol. The van der Waals surface area contributed by atoms with Crippen LogP contribution >= 0.6 is 0 Å². The van der Waals surface area contributed by atoms with Crippen LogP contribution in [0.3, 0.4) is 0 Å². The van der Waals surface area contributed by atoms with Gasteiger partial charge in [0.25, 0.3) is 0 Å². The first-order valence-electron chi connectivity index (χ1n) is 6.95. The summed E-state index contributed by atoms with van der Waals surface area (Å²) in [4.78, 5) is 10.3. The van der Waals surface area contributed by atoms with E-state index < -0.39 is 5.97 Å². The number of rotatable bonds is 11. The SMILES string of the molecule is CC/C=C/C=C/CC/C=C\CCCCCC(=O)O. The van der Waals surface area contributed by atoms with Crippen LogP contribution in [-0.2, 0) is 4.79 Å². The second-order valence-electron chi connectivity index (χ2n) is 4.31. The van der Waals surface area contributed by atoms with Crippen LogP contribution in [0.5, 0.6) is 0 Å². The standard InChI is InChI=1S/C16H26O2/c1-2-3-4-5-6-7-8-9-10-11-12-13-14-15-16(17)18/h3-6,9-10H,2,7-8,11-15H2,1H3,(H,17,18)/b4-3+,6-5+,10-9-. The first-order valence-corrected chi connectivity index (χ1v) is 6.95. The summed E-state index contributed by atoms with van der Waals surface area (Å²) in [6.07, 6.45) is 20.5. The molecule has 102 valence electrons. The summed E-state index contributed by atoms with van der Waals surface area (Å²) in [5.74, 6) is -0.686. The van der Waals surface area contributed by atoms with Crippen molar-refractivity contribution < 1.29 is 9.90 Å². The molecule has 0 aromatic heterocycles. The van der Waals surface area contributed by atoms with Crippen molar-refractivity contribution in [3.05, 3.63) is 36.5 Å². The number of aliphatic carboxylic acids is 1. The van der Waals surface area contributed by atoms with Gasteiger partial charge >= 0.3 is 5.97 Å². The molecule has 0 rings (SSSR count). The number of hydrogen-bond acceptors (Lipinski definition) is 1. The molecular formula is C16H26O2. The Morgan fingerprint density at radius 1 is 0.889 bits per heavy atom. The largest absolute Gasteiger partial charge is 0.481 e. The first kappa shape index (κ1) is 16.7. The molecule has 2 nitrogen and oxygen atoms in total. The summed E-state index contributed by atoms with van der Waals surface area (Å²) in [7, 11) is 0. The maximum Gasteiger partial charge on any atom is 0.303 e. The molecule has 18 heavy (non-hydrogen) atoms. The van der Waals surface area contributed by atoms with Crippen molar-refractivity contribution in [1.82, 2.24) is 0 Å². The molecular weight excluding hydrogens is 224 g/mol. The molecule has 1 N–H and O–H groups in total. The van der Waals surface area contributed by atoms with Crippen molar-refractivity contribution in [3.8, 4) is 0 Å². The number of carbonyl (C=O) groups is 1. The molecule has 0 atom stereocenters. The van der Waals surface area contributed by atoms with Crippen molar-refractivity contribution in [2.75, 3.05) is 0 Å². The van der Waals surface area contributed by atoms with Gasteiger partial charge in [-0.2, -0.15) is 0 Å².